The van der Waals surface area contributed by atoms with Crippen molar-refractivity contribution in [2.45, 2.75) is 18.9 Å². The summed E-state index contributed by atoms with van der Waals surface area (Å²) in [5.41, 5.74) is 2.88. The number of hydrogen-bond donors (Lipinski definition) is 1. The standard InChI is InChI=1S/C19H16F2N2OS/c1-11-4-3-5-14-12(2)8-18(23-19(11)14)25-10-17(24)22-16-9-13(20)6-7-15(16)21/h3-9H,10H2,1-2H3,(H,22,24). The summed E-state index contributed by atoms with van der Waals surface area (Å²) < 4.78 is 26.7. The van der Waals surface area contributed by atoms with Crippen LogP contribution in [0, 0.1) is 25.5 Å². The number of halogens is 2. The molecule has 0 aliphatic carbocycles. The third kappa shape index (κ3) is 3.96. The lowest BCUT2D eigenvalue weighted by Gasteiger charge is -2.09. The number of amides is 1. The van der Waals surface area contributed by atoms with Crippen LogP contribution in [-0.2, 0) is 4.79 Å². The minimum absolute atomic E-state index is 0.0553. The van der Waals surface area contributed by atoms with Crippen LogP contribution in [-0.4, -0.2) is 16.6 Å². The van der Waals surface area contributed by atoms with Crippen LogP contribution < -0.4 is 5.32 Å². The van der Waals surface area contributed by atoms with Crippen LogP contribution in [0.1, 0.15) is 11.1 Å². The molecule has 0 saturated heterocycles. The van der Waals surface area contributed by atoms with Gasteiger partial charge in [0.2, 0.25) is 5.91 Å². The van der Waals surface area contributed by atoms with E-state index >= 15 is 0 Å². The average Bonchev–Trinajstić information content (AvgIpc) is 2.57. The van der Waals surface area contributed by atoms with Crippen molar-refractivity contribution in [3.8, 4) is 0 Å². The Morgan fingerprint density at radius 1 is 1.12 bits per heavy atom. The maximum Gasteiger partial charge on any atom is 0.234 e. The maximum atomic E-state index is 13.6. The number of rotatable bonds is 4. The van der Waals surface area contributed by atoms with Gasteiger partial charge < -0.3 is 5.32 Å². The van der Waals surface area contributed by atoms with Gasteiger partial charge in [0.1, 0.15) is 11.6 Å². The van der Waals surface area contributed by atoms with Crippen LogP contribution in [0.2, 0.25) is 0 Å². The second-order valence-corrected chi connectivity index (χ2v) is 6.71. The zero-order valence-corrected chi connectivity index (χ0v) is 14.6. The van der Waals surface area contributed by atoms with E-state index in [1.54, 1.807) is 0 Å². The Labute approximate surface area is 148 Å². The summed E-state index contributed by atoms with van der Waals surface area (Å²) in [4.78, 5) is 16.6. The Kier molecular flexibility index (Phi) is 4.99. The molecule has 1 heterocycles. The fraction of sp³-hybridized carbons (Fsp3) is 0.158. The zero-order valence-electron chi connectivity index (χ0n) is 13.8. The van der Waals surface area contributed by atoms with E-state index in [-0.39, 0.29) is 11.4 Å². The van der Waals surface area contributed by atoms with Gasteiger partial charge in [-0.2, -0.15) is 0 Å². The molecule has 25 heavy (non-hydrogen) atoms. The Morgan fingerprint density at radius 3 is 2.72 bits per heavy atom. The lowest BCUT2D eigenvalue weighted by Crippen LogP contribution is -2.15. The largest absolute Gasteiger partial charge is 0.323 e. The van der Waals surface area contributed by atoms with E-state index in [9.17, 15) is 13.6 Å². The summed E-state index contributed by atoms with van der Waals surface area (Å²) in [6, 6.07) is 10.8. The fourth-order valence-corrected chi connectivity index (χ4v) is 3.29. The number of carbonyl (C=O) groups is 1. The normalized spacial score (nSPS) is 10.9. The summed E-state index contributed by atoms with van der Waals surface area (Å²) in [6.07, 6.45) is 0. The van der Waals surface area contributed by atoms with Crippen LogP contribution in [0.25, 0.3) is 10.9 Å². The molecule has 0 radical (unpaired) electrons. The molecule has 1 N–H and O–H groups in total. The van der Waals surface area contributed by atoms with Gasteiger partial charge in [-0.05, 0) is 43.2 Å². The Hall–Kier alpha value is -2.47. The van der Waals surface area contributed by atoms with Crippen molar-refractivity contribution < 1.29 is 13.6 Å². The summed E-state index contributed by atoms with van der Waals surface area (Å²) in [5.74, 6) is -1.64. The van der Waals surface area contributed by atoms with Gasteiger partial charge in [-0.1, -0.05) is 30.0 Å². The molecule has 0 saturated carbocycles. The third-order valence-corrected chi connectivity index (χ3v) is 4.69. The summed E-state index contributed by atoms with van der Waals surface area (Å²) in [5, 5.41) is 4.18. The number of nitrogens with one attached hydrogen (secondary N) is 1. The van der Waals surface area contributed by atoms with Gasteiger partial charge in [-0.3, -0.25) is 4.79 Å². The Morgan fingerprint density at radius 2 is 1.92 bits per heavy atom. The average molecular weight is 358 g/mol. The first kappa shape index (κ1) is 17.4. The van der Waals surface area contributed by atoms with Crippen molar-refractivity contribution in [1.82, 2.24) is 4.98 Å². The van der Waals surface area contributed by atoms with Crippen molar-refractivity contribution in [3.63, 3.8) is 0 Å². The Bertz CT molecular complexity index is 960. The highest BCUT2D eigenvalue weighted by Crippen LogP contribution is 2.26. The lowest BCUT2D eigenvalue weighted by molar-refractivity contribution is -0.113. The molecule has 0 atom stereocenters. The molecule has 6 heteroatoms. The number of anilines is 1. The second kappa shape index (κ2) is 7.19. The highest BCUT2D eigenvalue weighted by molar-refractivity contribution is 7.99. The third-order valence-electron chi connectivity index (χ3n) is 3.78. The maximum absolute atomic E-state index is 13.6. The fourth-order valence-electron chi connectivity index (χ4n) is 2.52. The van der Waals surface area contributed by atoms with Gasteiger partial charge >= 0.3 is 0 Å². The number of para-hydroxylation sites is 1. The number of nitrogens with zero attached hydrogens (tertiary/aromatic N) is 1. The first-order valence-corrected chi connectivity index (χ1v) is 8.67. The first-order valence-electron chi connectivity index (χ1n) is 7.69. The number of benzene rings is 2. The van der Waals surface area contributed by atoms with Gasteiger partial charge in [0.15, 0.2) is 0 Å². The van der Waals surface area contributed by atoms with E-state index in [4.69, 9.17) is 0 Å². The van der Waals surface area contributed by atoms with E-state index in [0.29, 0.717) is 5.03 Å². The number of aromatic nitrogens is 1. The Balaban J connectivity index is 1.73. The predicted octanol–water partition coefficient (Wildman–Crippen LogP) is 4.86. The molecule has 1 aromatic heterocycles. The van der Waals surface area contributed by atoms with Crippen LogP contribution in [0.5, 0.6) is 0 Å². The number of aryl methyl sites for hydroxylation is 2. The lowest BCUT2D eigenvalue weighted by atomic mass is 10.1. The van der Waals surface area contributed by atoms with E-state index in [0.717, 1.165) is 40.2 Å². The smallest absolute Gasteiger partial charge is 0.234 e. The summed E-state index contributed by atoms with van der Waals surface area (Å²) in [6.45, 7) is 3.98. The number of carbonyl (C=O) groups excluding carboxylic acids is 1. The molecule has 0 fully saturated rings. The SMILES string of the molecule is Cc1cc(SCC(=O)Nc2cc(F)ccc2F)nc2c(C)cccc12. The molecule has 0 aliphatic heterocycles. The topological polar surface area (TPSA) is 42.0 Å². The first-order chi connectivity index (χ1) is 11.9. The van der Waals surface area contributed by atoms with Gasteiger partial charge in [0, 0.05) is 11.5 Å². The molecule has 2 aromatic carbocycles. The summed E-state index contributed by atoms with van der Waals surface area (Å²) >= 11 is 1.26. The number of pyridine rings is 1. The monoisotopic (exact) mass is 358 g/mol. The highest BCUT2D eigenvalue weighted by Gasteiger charge is 2.11. The molecular formula is C19H16F2N2OS. The van der Waals surface area contributed by atoms with Crippen molar-refractivity contribution in [1.29, 1.82) is 0 Å². The minimum atomic E-state index is -0.671. The quantitative estimate of drug-likeness (QED) is 0.677. The highest BCUT2D eigenvalue weighted by atomic mass is 32.2. The van der Waals surface area contributed by atoms with Gasteiger partial charge in [-0.25, -0.2) is 13.8 Å². The van der Waals surface area contributed by atoms with Gasteiger partial charge in [0.05, 0.1) is 22.0 Å². The van der Waals surface area contributed by atoms with E-state index in [1.165, 1.54) is 11.8 Å². The van der Waals surface area contributed by atoms with Crippen LogP contribution in [0.4, 0.5) is 14.5 Å². The molecule has 3 nitrogen and oxygen atoms in total. The number of fused-ring (bicyclic) bond motifs is 1. The molecular weight excluding hydrogens is 342 g/mol. The summed E-state index contributed by atoms with van der Waals surface area (Å²) in [7, 11) is 0. The zero-order chi connectivity index (χ0) is 18.0. The molecule has 1 amide bonds. The van der Waals surface area contributed by atoms with Crippen molar-refractivity contribution >= 4 is 34.3 Å². The van der Waals surface area contributed by atoms with E-state index in [2.05, 4.69) is 10.3 Å². The van der Waals surface area contributed by atoms with Crippen LogP contribution >= 0.6 is 11.8 Å². The molecule has 0 spiro atoms. The molecule has 3 rings (SSSR count). The minimum Gasteiger partial charge on any atom is -0.323 e. The molecule has 0 unspecified atom stereocenters. The predicted molar refractivity (Wildman–Crippen MR) is 96.9 cm³/mol. The van der Waals surface area contributed by atoms with Crippen LogP contribution in [0.15, 0.2) is 47.5 Å². The van der Waals surface area contributed by atoms with Gasteiger partial charge in [0.25, 0.3) is 0 Å². The molecule has 0 aliphatic rings. The number of hydrogen-bond acceptors (Lipinski definition) is 3. The molecule has 3 aromatic rings. The molecule has 128 valence electrons. The number of thioether (sulfide) groups is 1. The van der Waals surface area contributed by atoms with Crippen molar-refractivity contribution in [2.24, 2.45) is 0 Å². The van der Waals surface area contributed by atoms with Crippen LogP contribution in [0.3, 0.4) is 0 Å². The van der Waals surface area contributed by atoms with E-state index in [1.807, 2.05) is 38.1 Å². The van der Waals surface area contributed by atoms with Crippen molar-refractivity contribution in [2.75, 3.05) is 11.1 Å². The van der Waals surface area contributed by atoms with Crippen molar-refractivity contribution in [3.05, 3.63) is 65.2 Å². The van der Waals surface area contributed by atoms with E-state index < -0.39 is 17.5 Å². The van der Waals surface area contributed by atoms with Gasteiger partial charge in [-0.15, -0.1) is 0 Å². The molecule has 0 bridgehead atoms. The second-order valence-electron chi connectivity index (χ2n) is 5.71.